The number of hydrogen-bond acceptors (Lipinski definition) is 7. The fourth-order valence-corrected chi connectivity index (χ4v) is 2.78. The lowest BCUT2D eigenvalue weighted by Crippen LogP contribution is -2.01. The molecule has 100 valence electrons. The Hall–Kier alpha value is -1.67. The van der Waals surface area contributed by atoms with Crippen molar-refractivity contribution in [1.82, 2.24) is 15.2 Å². The molecule has 0 aliphatic carbocycles. The molecule has 8 heteroatoms. The Morgan fingerprint density at radius 2 is 2.37 bits per heavy atom. The Kier molecular flexibility index (Phi) is 4.69. The number of pyridine rings is 1. The number of carboxylic acid groups (broad SMARTS) is 1. The maximum atomic E-state index is 10.4. The van der Waals surface area contributed by atoms with Crippen LogP contribution in [0, 0.1) is 6.92 Å². The third-order valence-corrected chi connectivity index (χ3v) is 4.30. The van der Waals surface area contributed by atoms with Crippen LogP contribution >= 0.6 is 23.1 Å². The van der Waals surface area contributed by atoms with Crippen molar-refractivity contribution in [3.8, 4) is 0 Å². The van der Waals surface area contributed by atoms with Crippen molar-refractivity contribution in [3.63, 3.8) is 0 Å². The van der Waals surface area contributed by atoms with Gasteiger partial charge in [-0.1, -0.05) is 23.1 Å². The molecule has 0 aliphatic rings. The Balaban J connectivity index is 1.90. The second kappa shape index (κ2) is 6.48. The summed E-state index contributed by atoms with van der Waals surface area (Å²) in [6.07, 6.45) is 3.56. The minimum atomic E-state index is -0.860. The Morgan fingerprint density at radius 3 is 3.11 bits per heavy atom. The molecule has 0 saturated carbocycles. The first kappa shape index (κ1) is 13.8. The second-order valence-corrected chi connectivity index (χ2v) is 5.91. The molecule has 6 nitrogen and oxygen atoms in total. The van der Waals surface area contributed by atoms with E-state index in [1.54, 1.807) is 6.20 Å². The molecule has 0 bridgehead atoms. The van der Waals surface area contributed by atoms with Gasteiger partial charge in [-0.05, 0) is 24.1 Å². The van der Waals surface area contributed by atoms with E-state index in [9.17, 15) is 4.79 Å². The minimum Gasteiger partial charge on any atom is -0.481 e. The molecule has 0 atom stereocenters. The van der Waals surface area contributed by atoms with Crippen molar-refractivity contribution >= 4 is 34.2 Å². The van der Waals surface area contributed by atoms with Crippen LogP contribution in [0.25, 0.3) is 0 Å². The number of carboxylic acids is 1. The van der Waals surface area contributed by atoms with Crippen molar-refractivity contribution in [3.05, 3.63) is 29.6 Å². The number of rotatable bonds is 6. The van der Waals surface area contributed by atoms with Gasteiger partial charge in [0.1, 0.15) is 0 Å². The summed E-state index contributed by atoms with van der Waals surface area (Å²) >= 11 is 2.51. The standard InChI is InChI=1S/C11H12N4O2S2/c1-7-2-3-12-4-8(7)5-13-10-14-15-11(19-10)18-6-9(16)17/h2-4H,5-6H2,1H3,(H,13,14)(H,16,17). The van der Waals surface area contributed by atoms with Crippen LogP contribution < -0.4 is 5.32 Å². The summed E-state index contributed by atoms with van der Waals surface area (Å²) in [5.41, 5.74) is 2.25. The zero-order valence-corrected chi connectivity index (χ0v) is 11.8. The van der Waals surface area contributed by atoms with Crippen molar-refractivity contribution in [2.24, 2.45) is 0 Å². The fraction of sp³-hybridized carbons (Fsp3) is 0.273. The largest absolute Gasteiger partial charge is 0.481 e. The molecular weight excluding hydrogens is 284 g/mol. The topological polar surface area (TPSA) is 88.0 Å². The molecule has 0 aliphatic heterocycles. The van der Waals surface area contributed by atoms with E-state index >= 15 is 0 Å². The highest BCUT2D eigenvalue weighted by atomic mass is 32.2. The first-order chi connectivity index (χ1) is 9.15. The van der Waals surface area contributed by atoms with Gasteiger partial charge in [0.2, 0.25) is 5.13 Å². The average Bonchev–Trinajstić information content (AvgIpc) is 2.83. The van der Waals surface area contributed by atoms with Crippen LogP contribution in [0.1, 0.15) is 11.1 Å². The zero-order chi connectivity index (χ0) is 13.7. The number of thioether (sulfide) groups is 1. The number of aliphatic carboxylic acids is 1. The molecule has 0 unspecified atom stereocenters. The third-order valence-electron chi connectivity index (χ3n) is 2.30. The fourth-order valence-electron chi connectivity index (χ4n) is 1.32. The number of carbonyl (C=O) groups is 1. The molecule has 0 fully saturated rings. The molecule has 2 N–H and O–H groups in total. The van der Waals surface area contributed by atoms with E-state index in [4.69, 9.17) is 5.11 Å². The summed E-state index contributed by atoms with van der Waals surface area (Å²) in [7, 11) is 0. The number of anilines is 1. The van der Waals surface area contributed by atoms with Gasteiger partial charge in [0.05, 0.1) is 5.75 Å². The molecule has 0 radical (unpaired) electrons. The van der Waals surface area contributed by atoms with Gasteiger partial charge in [-0.3, -0.25) is 9.78 Å². The second-order valence-electron chi connectivity index (χ2n) is 3.71. The lowest BCUT2D eigenvalue weighted by Gasteiger charge is -2.04. The van der Waals surface area contributed by atoms with Crippen LogP contribution in [0.15, 0.2) is 22.8 Å². The van der Waals surface area contributed by atoms with Crippen LogP contribution in [0.2, 0.25) is 0 Å². The Labute approximate surface area is 118 Å². The van der Waals surface area contributed by atoms with Crippen LogP contribution in [-0.4, -0.2) is 32.0 Å². The summed E-state index contributed by atoms with van der Waals surface area (Å²) in [5, 5.41) is 20.3. The van der Waals surface area contributed by atoms with Crippen molar-refractivity contribution in [1.29, 1.82) is 0 Å². The van der Waals surface area contributed by atoms with E-state index in [-0.39, 0.29) is 5.75 Å². The zero-order valence-electron chi connectivity index (χ0n) is 10.2. The van der Waals surface area contributed by atoms with Gasteiger partial charge in [0.25, 0.3) is 0 Å². The summed E-state index contributed by atoms with van der Waals surface area (Å²) in [6.45, 7) is 2.64. The van der Waals surface area contributed by atoms with Crippen molar-refractivity contribution in [2.75, 3.05) is 11.1 Å². The molecular formula is C11H12N4O2S2. The quantitative estimate of drug-likeness (QED) is 0.788. The lowest BCUT2D eigenvalue weighted by atomic mass is 10.2. The number of aryl methyl sites for hydroxylation is 1. The van der Waals surface area contributed by atoms with Crippen LogP contribution in [-0.2, 0) is 11.3 Å². The maximum Gasteiger partial charge on any atom is 0.313 e. The van der Waals surface area contributed by atoms with E-state index in [2.05, 4.69) is 20.5 Å². The van der Waals surface area contributed by atoms with Gasteiger partial charge in [-0.25, -0.2) is 0 Å². The first-order valence-electron chi connectivity index (χ1n) is 5.46. The summed E-state index contributed by atoms with van der Waals surface area (Å²) in [6, 6.07) is 1.95. The highest BCUT2D eigenvalue weighted by Crippen LogP contribution is 2.25. The monoisotopic (exact) mass is 296 g/mol. The predicted octanol–water partition coefficient (Wildman–Crippen LogP) is 2.03. The summed E-state index contributed by atoms with van der Waals surface area (Å²) in [4.78, 5) is 14.5. The number of nitrogens with one attached hydrogen (secondary N) is 1. The highest BCUT2D eigenvalue weighted by Gasteiger charge is 2.07. The van der Waals surface area contributed by atoms with E-state index in [1.807, 2.05) is 19.2 Å². The maximum absolute atomic E-state index is 10.4. The Morgan fingerprint density at radius 1 is 1.53 bits per heavy atom. The average molecular weight is 296 g/mol. The van der Waals surface area contributed by atoms with Crippen molar-refractivity contribution in [2.45, 2.75) is 17.8 Å². The third kappa shape index (κ3) is 4.18. The smallest absolute Gasteiger partial charge is 0.313 e. The highest BCUT2D eigenvalue weighted by molar-refractivity contribution is 8.01. The van der Waals surface area contributed by atoms with Gasteiger partial charge in [-0.2, -0.15) is 0 Å². The molecule has 0 amide bonds. The van der Waals surface area contributed by atoms with E-state index in [1.165, 1.54) is 23.1 Å². The molecule has 19 heavy (non-hydrogen) atoms. The SMILES string of the molecule is Cc1ccncc1CNc1nnc(SCC(=O)O)s1. The normalized spacial score (nSPS) is 10.4. The lowest BCUT2D eigenvalue weighted by molar-refractivity contribution is -0.133. The molecule has 2 rings (SSSR count). The number of aromatic nitrogens is 3. The molecule has 2 aromatic heterocycles. The van der Waals surface area contributed by atoms with Crippen LogP contribution in [0.5, 0.6) is 0 Å². The Bertz CT molecular complexity index is 573. The molecule has 0 aromatic carbocycles. The van der Waals surface area contributed by atoms with Gasteiger partial charge in [0.15, 0.2) is 4.34 Å². The molecule has 0 saturated heterocycles. The molecule has 2 heterocycles. The van der Waals surface area contributed by atoms with Gasteiger partial charge in [-0.15, -0.1) is 10.2 Å². The number of hydrogen-bond donors (Lipinski definition) is 2. The minimum absolute atomic E-state index is 0.00362. The van der Waals surface area contributed by atoms with E-state index in [0.29, 0.717) is 16.0 Å². The van der Waals surface area contributed by atoms with Gasteiger partial charge >= 0.3 is 5.97 Å². The molecule has 0 spiro atoms. The molecule has 2 aromatic rings. The van der Waals surface area contributed by atoms with Gasteiger partial charge in [0, 0.05) is 18.9 Å². The summed E-state index contributed by atoms with van der Waals surface area (Å²) in [5.74, 6) is -0.864. The predicted molar refractivity (Wildman–Crippen MR) is 74.6 cm³/mol. The van der Waals surface area contributed by atoms with Crippen LogP contribution in [0.3, 0.4) is 0 Å². The number of nitrogens with zero attached hydrogens (tertiary/aromatic N) is 3. The summed E-state index contributed by atoms with van der Waals surface area (Å²) < 4.78 is 0.646. The first-order valence-corrected chi connectivity index (χ1v) is 7.27. The van der Waals surface area contributed by atoms with Gasteiger partial charge < -0.3 is 10.4 Å². The van der Waals surface area contributed by atoms with E-state index in [0.717, 1.165) is 11.1 Å². The van der Waals surface area contributed by atoms with Crippen LogP contribution in [0.4, 0.5) is 5.13 Å². The van der Waals surface area contributed by atoms with Crippen molar-refractivity contribution < 1.29 is 9.90 Å². The van der Waals surface area contributed by atoms with E-state index < -0.39 is 5.97 Å².